The molecule has 21 heavy (non-hydrogen) atoms. The number of nitrogens with zero attached hydrogens (tertiary/aromatic N) is 1. The maximum atomic E-state index is 12.4. The maximum absolute atomic E-state index is 12.4. The van der Waals surface area contributed by atoms with Gasteiger partial charge >= 0.3 is 6.09 Å². The first-order chi connectivity index (χ1) is 10.2. The molecule has 2 aliphatic heterocycles. The van der Waals surface area contributed by atoms with Crippen LogP contribution in [0.4, 0.5) is 4.79 Å². The van der Waals surface area contributed by atoms with Crippen molar-refractivity contribution in [2.75, 3.05) is 6.54 Å². The Morgan fingerprint density at radius 3 is 2.76 bits per heavy atom. The van der Waals surface area contributed by atoms with E-state index in [0.29, 0.717) is 19.4 Å². The summed E-state index contributed by atoms with van der Waals surface area (Å²) in [5.74, 6) is 0.0257. The van der Waals surface area contributed by atoms with Crippen molar-refractivity contribution in [2.45, 2.75) is 44.4 Å². The minimum Gasteiger partial charge on any atom is -0.444 e. The summed E-state index contributed by atoms with van der Waals surface area (Å²) in [5.41, 5.74) is 0.454. The standard InChI is InChI=1S/C16H20N2O3/c19-14-8-10-16(17-14)9-4-5-11-18(16)15(20)21-12-13-6-2-1-3-7-13/h1-3,6-7H,4-5,8-12H2,(H,17,19). The maximum Gasteiger partial charge on any atom is 0.411 e. The van der Waals surface area contributed by atoms with Gasteiger partial charge in [-0.1, -0.05) is 30.3 Å². The molecule has 1 atom stereocenters. The highest BCUT2D eigenvalue weighted by atomic mass is 16.6. The number of rotatable bonds is 2. The van der Waals surface area contributed by atoms with Crippen molar-refractivity contribution >= 4 is 12.0 Å². The van der Waals surface area contributed by atoms with Crippen molar-refractivity contribution in [1.82, 2.24) is 10.2 Å². The Hall–Kier alpha value is -2.04. The third-order valence-corrected chi connectivity index (χ3v) is 4.30. The SMILES string of the molecule is O=C1CCC2(CCCCN2C(=O)OCc2ccccc2)N1. The number of benzene rings is 1. The van der Waals surface area contributed by atoms with Crippen LogP contribution in [0.1, 0.15) is 37.7 Å². The number of likely N-dealkylation sites (tertiary alicyclic amines) is 1. The van der Waals surface area contributed by atoms with Gasteiger partial charge in [-0.05, 0) is 31.2 Å². The van der Waals surface area contributed by atoms with Crippen LogP contribution in [0.5, 0.6) is 0 Å². The van der Waals surface area contributed by atoms with Gasteiger partial charge in [0.2, 0.25) is 5.91 Å². The van der Waals surface area contributed by atoms with Crippen LogP contribution in [0, 0.1) is 0 Å². The second-order valence-electron chi connectivity index (χ2n) is 5.73. The van der Waals surface area contributed by atoms with Crippen molar-refractivity contribution in [3.63, 3.8) is 0 Å². The average Bonchev–Trinajstić information content (AvgIpc) is 2.87. The predicted octanol–water partition coefficient (Wildman–Crippen LogP) is 2.42. The number of hydrogen-bond acceptors (Lipinski definition) is 3. The van der Waals surface area contributed by atoms with Gasteiger partial charge in [-0.2, -0.15) is 0 Å². The van der Waals surface area contributed by atoms with E-state index in [1.807, 2.05) is 30.3 Å². The fourth-order valence-corrected chi connectivity index (χ4v) is 3.19. The molecule has 1 spiro atoms. The van der Waals surface area contributed by atoms with E-state index in [1.165, 1.54) is 0 Å². The van der Waals surface area contributed by atoms with Crippen molar-refractivity contribution in [1.29, 1.82) is 0 Å². The lowest BCUT2D eigenvalue weighted by molar-refractivity contribution is -0.121. The molecule has 0 aromatic heterocycles. The number of carbonyl (C=O) groups excluding carboxylic acids is 2. The molecule has 2 amide bonds. The molecule has 2 fully saturated rings. The summed E-state index contributed by atoms with van der Waals surface area (Å²) in [6.07, 6.45) is 3.65. The first kappa shape index (κ1) is 13.9. The van der Waals surface area contributed by atoms with E-state index in [0.717, 1.165) is 24.8 Å². The summed E-state index contributed by atoms with van der Waals surface area (Å²) in [5, 5.41) is 2.98. The second-order valence-corrected chi connectivity index (χ2v) is 5.73. The van der Waals surface area contributed by atoms with Gasteiger partial charge in [-0.3, -0.25) is 9.69 Å². The summed E-state index contributed by atoms with van der Waals surface area (Å²) < 4.78 is 5.43. The fraction of sp³-hybridized carbons (Fsp3) is 0.500. The average molecular weight is 288 g/mol. The van der Waals surface area contributed by atoms with Crippen molar-refractivity contribution in [2.24, 2.45) is 0 Å². The first-order valence-corrected chi connectivity index (χ1v) is 7.49. The zero-order chi connectivity index (χ0) is 14.7. The van der Waals surface area contributed by atoms with Crippen LogP contribution in [0.25, 0.3) is 0 Å². The van der Waals surface area contributed by atoms with Gasteiger partial charge in [0.05, 0.1) is 0 Å². The normalized spacial score (nSPS) is 25.0. The zero-order valence-corrected chi connectivity index (χ0v) is 12.0. The highest BCUT2D eigenvalue weighted by molar-refractivity contribution is 5.81. The molecule has 0 aliphatic carbocycles. The fourth-order valence-electron chi connectivity index (χ4n) is 3.19. The largest absolute Gasteiger partial charge is 0.444 e. The predicted molar refractivity (Wildman–Crippen MR) is 77.3 cm³/mol. The third-order valence-electron chi connectivity index (χ3n) is 4.30. The molecule has 0 radical (unpaired) electrons. The van der Waals surface area contributed by atoms with Gasteiger partial charge in [0.25, 0.3) is 0 Å². The number of piperidine rings is 1. The summed E-state index contributed by atoms with van der Waals surface area (Å²) in [4.78, 5) is 25.7. The lowest BCUT2D eigenvalue weighted by atomic mass is 9.94. The quantitative estimate of drug-likeness (QED) is 0.909. The first-order valence-electron chi connectivity index (χ1n) is 7.49. The summed E-state index contributed by atoms with van der Waals surface area (Å²) in [6, 6.07) is 9.62. The number of hydrogen-bond donors (Lipinski definition) is 1. The highest BCUT2D eigenvalue weighted by Crippen LogP contribution is 2.34. The van der Waals surface area contributed by atoms with Crippen LogP contribution in [0.3, 0.4) is 0 Å². The Morgan fingerprint density at radius 2 is 2.05 bits per heavy atom. The second kappa shape index (κ2) is 5.76. The lowest BCUT2D eigenvalue weighted by Crippen LogP contribution is -2.60. The Balaban J connectivity index is 1.66. The van der Waals surface area contributed by atoms with Crippen LogP contribution in [-0.4, -0.2) is 29.1 Å². The Morgan fingerprint density at radius 1 is 1.24 bits per heavy atom. The van der Waals surface area contributed by atoms with Crippen LogP contribution in [0.15, 0.2) is 30.3 Å². The molecule has 1 aromatic rings. The lowest BCUT2D eigenvalue weighted by Gasteiger charge is -2.43. The Labute approximate surface area is 124 Å². The van der Waals surface area contributed by atoms with E-state index in [4.69, 9.17) is 4.74 Å². The molecule has 112 valence electrons. The van der Waals surface area contributed by atoms with E-state index in [-0.39, 0.29) is 18.6 Å². The summed E-state index contributed by atoms with van der Waals surface area (Å²) >= 11 is 0. The molecule has 5 nitrogen and oxygen atoms in total. The summed E-state index contributed by atoms with van der Waals surface area (Å²) in [7, 11) is 0. The number of ether oxygens (including phenoxy) is 1. The van der Waals surface area contributed by atoms with Crippen LogP contribution >= 0.6 is 0 Å². The molecular weight excluding hydrogens is 268 g/mol. The smallest absolute Gasteiger partial charge is 0.411 e. The molecule has 2 saturated heterocycles. The van der Waals surface area contributed by atoms with Crippen molar-refractivity contribution in [3.05, 3.63) is 35.9 Å². The molecule has 1 N–H and O–H groups in total. The van der Waals surface area contributed by atoms with Crippen LogP contribution in [0.2, 0.25) is 0 Å². The molecule has 5 heteroatoms. The minimum atomic E-state index is -0.511. The van der Waals surface area contributed by atoms with E-state index in [1.54, 1.807) is 4.90 Å². The molecule has 0 bridgehead atoms. The molecule has 1 aromatic carbocycles. The molecule has 1 unspecified atom stereocenters. The minimum absolute atomic E-state index is 0.0257. The molecular formula is C16H20N2O3. The van der Waals surface area contributed by atoms with Gasteiger partial charge < -0.3 is 10.1 Å². The number of amides is 2. The summed E-state index contributed by atoms with van der Waals surface area (Å²) in [6.45, 7) is 0.911. The third kappa shape index (κ3) is 2.86. The molecule has 0 saturated carbocycles. The Kier molecular flexibility index (Phi) is 3.82. The monoisotopic (exact) mass is 288 g/mol. The van der Waals surface area contributed by atoms with E-state index in [2.05, 4.69) is 5.32 Å². The van der Waals surface area contributed by atoms with E-state index >= 15 is 0 Å². The Bertz CT molecular complexity index is 532. The number of carbonyl (C=O) groups is 2. The van der Waals surface area contributed by atoms with Crippen molar-refractivity contribution in [3.8, 4) is 0 Å². The van der Waals surface area contributed by atoms with Gasteiger partial charge in [0.1, 0.15) is 12.3 Å². The topological polar surface area (TPSA) is 58.6 Å². The molecule has 2 aliphatic rings. The van der Waals surface area contributed by atoms with Crippen LogP contribution < -0.4 is 5.32 Å². The van der Waals surface area contributed by atoms with Gasteiger partial charge in [0.15, 0.2) is 0 Å². The molecule has 2 heterocycles. The van der Waals surface area contributed by atoms with Crippen LogP contribution in [-0.2, 0) is 16.1 Å². The molecule has 3 rings (SSSR count). The van der Waals surface area contributed by atoms with Gasteiger partial charge in [-0.15, -0.1) is 0 Å². The van der Waals surface area contributed by atoms with E-state index < -0.39 is 5.66 Å². The van der Waals surface area contributed by atoms with Gasteiger partial charge in [0, 0.05) is 13.0 Å². The highest BCUT2D eigenvalue weighted by Gasteiger charge is 2.47. The zero-order valence-electron chi connectivity index (χ0n) is 12.0. The van der Waals surface area contributed by atoms with E-state index in [9.17, 15) is 9.59 Å². The van der Waals surface area contributed by atoms with Crippen molar-refractivity contribution < 1.29 is 14.3 Å². The number of nitrogens with one attached hydrogen (secondary N) is 1. The van der Waals surface area contributed by atoms with Gasteiger partial charge in [-0.25, -0.2) is 4.79 Å².